The molecule has 0 spiro atoms. The van der Waals surface area contributed by atoms with Gasteiger partial charge in [0.15, 0.2) is 0 Å². The van der Waals surface area contributed by atoms with E-state index in [2.05, 4.69) is 58.4 Å². The summed E-state index contributed by atoms with van der Waals surface area (Å²) < 4.78 is 0. The minimum absolute atomic E-state index is 0.805. The van der Waals surface area contributed by atoms with Gasteiger partial charge in [-0.2, -0.15) is 10.2 Å². The highest BCUT2D eigenvalue weighted by Gasteiger charge is 2.05. The summed E-state index contributed by atoms with van der Waals surface area (Å²) in [5.41, 5.74) is 5.62. The maximum Gasteiger partial charge on any atom is 0.0936 e. The third kappa shape index (κ3) is 4.83. The summed E-state index contributed by atoms with van der Waals surface area (Å²) in [5, 5.41) is 19.8. The predicted octanol–water partition coefficient (Wildman–Crippen LogP) is 8.44. The summed E-state index contributed by atoms with van der Waals surface area (Å²) in [6.07, 6.45) is 0. The molecule has 4 rings (SSSR count). The molecular formula is C26H25N5. The van der Waals surface area contributed by atoms with Gasteiger partial charge in [-0.15, -0.1) is 10.2 Å². The first-order valence-electron chi connectivity index (χ1n) is 10.4. The Hall–Kier alpha value is -3.86. The highest BCUT2D eigenvalue weighted by molar-refractivity contribution is 5.99. The number of azo groups is 2. The molecule has 0 aliphatic heterocycles. The summed E-state index contributed by atoms with van der Waals surface area (Å²) in [5.74, 6) is 0. The van der Waals surface area contributed by atoms with Crippen LogP contribution in [0.25, 0.3) is 10.8 Å². The Bertz CT molecular complexity index is 1230. The lowest BCUT2D eigenvalue weighted by Gasteiger charge is -2.16. The minimum Gasteiger partial charge on any atom is -0.375 e. The number of benzene rings is 4. The van der Waals surface area contributed by atoms with E-state index in [1.165, 1.54) is 5.56 Å². The lowest BCUT2D eigenvalue weighted by atomic mass is 10.1. The van der Waals surface area contributed by atoms with Gasteiger partial charge in [-0.3, -0.25) is 0 Å². The molecule has 0 fully saturated rings. The van der Waals surface area contributed by atoms with Crippen molar-refractivity contribution < 1.29 is 0 Å². The summed E-state index contributed by atoms with van der Waals surface area (Å²) in [6, 6.07) is 28.0. The van der Waals surface area contributed by atoms with E-state index in [9.17, 15) is 0 Å². The van der Waals surface area contributed by atoms with Crippen LogP contribution in [-0.2, 0) is 0 Å². The van der Waals surface area contributed by atoms with Gasteiger partial charge < -0.3 is 4.90 Å². The Balaban J connectivity index is 1.62. The van der Waals surface area contributed by atoms with Gasteiger partial charge in [0.1, 0.15) is 0 Å². The summed E-state index contributed by atoms with van der Waals surface area (Å²) in [7, 11) is 2.07. The number of rotatable bonds is 6. The first kappa shape index (κ1) is 20.4. The number of aryl methyl sites for hydroxylation is 1. The molecule has 5 nitrogen and oxygen atoms in total. The van der Waals surface area contributed by atoms with Gasteiger partial charge in [0.05, 0.1) is 22.7 Å². The van der Waals surface area contributed by atoms with E-state index in [-0.39, 0.29) is 0 Å². The summed E-state index contributed by atoms with van der Waals surface area (Å²) in [6.45, 7) is 5.14. The number of fused-ring (bicyclic) bond motifs is 1. The molecule has 5 heteroatoms. The molecule has 0 aromatic heterocycles. The van der Waals surface area contributed by atoms with E-state index in [4.69, 9.17) is 0 Å². The van der Waals surface area contributed by atoms with Gasteiger partial charge in [0.2, 0.25) is 0 Å². The van der Waals surface area contributed by atoms with Crippen molar-refractivity contribution in [3.05, 3.63) is 90.5 Å². The zero-order chi connectivity index (χ0) is 21.6. The SMILES string of the molecule is CCN(C)c1ccc(N=Nc2ccc(N=Nc3ccc(C)cc3)c3ccccc23)cc1. The molecule has 31 heavy (non-hydrogen) atoms. The topological polar surface area (TPSA) is 52.7 Å². The third-order valence-corrected chi connectivity index (χ3v) is 5.22. The van der Waals surface area contributed by atoms with Crippen LogP contribution < -0.4 is 4.90 Å². The van der Waals surface area contributed by atoms with Crippen molar-refractivity contribution in [2.75, 3.05) is 18.5 Å². The third-order valence-electron chi connectivity index (χ3n) is 5.22. The fourth-order valence-corrected chi connectivity index (χ4v) is 3.23. The van der Waals surface area contributed by atoms with Crippen LogP contribution in [0.4, 0.5) is 28.4 Å². The molecule has 0 saturated carbocycles. The van der Waals surface area contributed by atoms with Crippen molar-refractivity contribution in [3.63, 3.8) is 0 Å². The number of anilines is 1. The number of nitrogens with zero attached hydrogens (tertiary/aromatic N) is 5. The largest absolute Gasteiger partial charge is 0.375 e. The molecule has 0 saturated heterocycles. The zero-order valence-corrected chi connectivity index (χ0v) is 18.0. The molecule has 0 atom stereocenters. The second kappa shape index (κ2) is 9.30. The van der Waals surface area contributed by atoms with Crippen molar-refractivity contribution in [1.82, 2.24) is 0 Å². The van der Waals surface area contributed by atoms with Crippen LogP contribution in [0.2, 0.25) is 0 Å². The fraction of sp³-hybridized carbons (Fsp3) is 0.154. The maximum atomic E-state index is 4.51. The standard InChI is InChI=1S/C26H25N5/c1-4-31(3)22-15-13-21(14-16-22)28-30-26-18-17-25(23-7-5-6-8-24(23)26)29-27-20-11-9-19(2)10-12-20/h5-18H,4H2,1-3H3. The van der Waals surface area contributed by atoms with Crippen LogP contribution in [0.3, 0.4) is 0 Å². The molecule has 0 aliphatic rings. The van der Waals surface area contributed by atoms with Crippen LogP contribution >= 0.6 is 0 Å². The normalized spacial score (nSPS) is 11.6. The predicted molar refractivity (Wildman–Crippen MR) is 129 cm³/mol. The van der Waals surface area contributed by atoms with E-state index >= 15 is 0 Å². The van der Waals surface area contributed by atoms with Gasteiger partial charge in [-0.1, -0.05) is 42.0 Å². The van der Waals surface area contributed by atoms with Crippen LogP contribution in [0.1, 0.15) is 12.5 Å². The van der Waals surface area contributed by atoms with Crippen molar-refractivity contribution in [1.29, 1.82) is 0 Å². The van der Waals surface area contributed by atoms with Crippen molar-refractivity contribution in [2.45, 2.75) is 13.8 Å². The molecule has 4 aromatic rings. The highest BCUT2D eigenvalue weighted by atomic mass is 15.1. The van der Waals surface area contributed by atoms with Gasteiger partial charge in [0.25, 0.3) is 0 Å². The van der Waals surface area contributed by atoms with Gasteiger partial charge in [-0.05, 0) is 62.4 Å². The fourth-order valence-electron chi connectivity index (χ4n) is 3.23. The van der Waals surface area contributed by atoms with E-state index < -0.39 is 0 Å². The Morgan fingerprint density at radius 2 is 1.10 bits per heavy atom. The average Bonchev–Trinajstić information content (AvgIpc) is 2.82. The minimum atomic E-state index is 0.805. The molecule has 0 N–H and O–H groups in total. The molecule has 0 heterocycles. The molecule has 0 bridgehead atoms. The van der Waals surface area contributed by atoms with Crippen LogP contribution in [0, 0.1) is 6.92 Å². The Labute approximate surface area is 182 Å². The molecule has 154 valence electrons. The second-order valence-corrected chi connectivity index (χ2v) is 7.42. The Kier molecular flexibility index (Phi) is 6.13. The Morgan fingerprint density at radius 1 is 0.613 bits per heavy atom. The molecular weight excluding hydrogens is 382 g/mol. The van der Waals surface area contributed by atoms with Crippen molar-refractivity contribution in [3.8, 4) is 0 Å². The summed E-state index contributed by atoms with van der Waals surface area (Å²) >= 11 is 0. The number of hydrogen-bond donors (Lipinski definition) is 0. The zero-order valence-electron chi connectivity index (χ0n) is 18.0. The smallest absolute Gasteiger partial charge is 0.0936 e. The lowest BCUT2D eigenvalue weighted by Crippen LogP contribution is -2.15. The van der Waals surface area contributed by atoms with Crippen LogP contribution in [-0.4, -0.2) is 13.6 Å². The Morgan fingerprint density at radius 3 is 1.58 bits per heavy atom. The van der Waals surface area contributed by atoms with E-state index in [1.807, 2.05) is 72.8 Å². The first-order valence-corrected chi connectivity index (χ1v) is 10.4. The van der Waals surface area contributed by atoms with Gasteiger partial charge in [0, 0.05) is 30.1 Å². The van der Waals surface area contributed by atoms with E-state index in [0.717, 1.165) is 45.8 Å². The quantitative estimate of drug-likeness (QED) is 0.296. The average molecular weight is 408 g/mol. The van der Waals surface area contributed by atoms with Crippen LogP contribution in [0.5, 0.6) is 0 Å². The first-order chi connectivity index (χ1) is 15.1. The molecule has 0 aliphatic carbocycles. The van der Waals surface area contributed by atoms with Gasteiger partial charge >= 0.3 is 0 Å². The van der Waals surface area contributed by atoms with Crippen molar-refractivity contribution >= 4 is 39.2 Å². The number of hydrogen-bond acceptors (Lipinski definition) is 5. The van der Waals surface area contributed by atoms with Gasteiger partial charge in [-0.25, -0.2) is 0 Å². The second-order valence-electron chi connectivity index (χ2n) is 7.42. The lowest BCUT2D eigenvalue weighted by molar-refractivity contribution is 0.968. The van der Waals surface area contributed by atoms with E-state index in [0.29, 0.717) is 0 Å². The van der Waals surface area contributed by atoms with E-state index in [1.54, 1.807) is 0 Å². The van der Waals surface area contributed by atoms with Crippen molar-refractivity contribution in [2.24, 2.45) is 20.5 Å². The molecule has 0 unspecified atom stereocenters. The molecule has 0 amide bonds. The molecule has 0 radical (unpaired) electrons. The molecule has 4 aromatic carbocycles. The maximum absolute atomic E-state index is 4.51. The summed E-state index contributed by atoms with van der Waals surface area (Å²) in [4.78, 5) is 2.18. The highest BCUT2D eigenvalue weighted by Crippen LogP contribution is 2.35. The van der Waals surface area contributed by atoms with Crippen LogP contribution in [0.15, 0.2) is 105 Å². The monoisotopic (exact) mass is 407 g/mol.